The first-order valence-corrected chi connectivity index (χ1v) is 0. The molecule has 0 rings (SSSR count). The van der Waals surface area contributed by atoms with Crippen LogP contribution >= 0.6 is 9.90 Å². The largest absolute Gasteiger partial charge is 0.153 e. The van der Waals surface area contributed by atoms with E-state index in [2.05, 4.69) is 0 Å². The van der Waals surface area contributed by atoms with Gasteiger partial charge in [-0.25, -0.2) is 0 Å². The quantitative estimate of drug-likeness (QED) is 0.412. The van der Waals surface area contributed by atoms with Gasteiger partial charge in [-0.3, -0.25) is 0 Å². The minimum Gasteiger partial charge on any atom is -0.153 e. The molecule has 0 N–H and O–H groups in total. The van der Waals surface area contributed by atoms with Crippen LogP contribution in [0.2, 0.25) is 0 Å². The van der Waals surface area contributed by atoms with Crippen molar-refractivity contribution in [3.8, 4) is 0 Å². The van der Waals surface area contributed by atoms with Crippen molar-refractivity contribution in [1.29, 1.82) is 0 Å². The predicted molar refractivity (Wildman–Crippen MR) is 16.9 cm³/mol. The van der Waals surface area contributed by atoms with Crippen molar-refractivity contribution >= 4 is 47.6 Å². The molecule has 0 aromatic rings. The summed E-state index contributed by atoms with van der Waals surface area (Å²) in [6.45, 7) is 0. The summed E-state index contributed by atoms with van der Waals surface area (Å²) < 4.78 is 0. The Hall–Kier alpha value is 3.35. The summed E-state index contributed by atoms with van der Waals surface area (Å²) in [5.41, 5.74) is 0. The summed E-state index contributed by atoms with van der Waals surface area (Å²) in [7, 11) is 0. The van der Waals surface area contributed by atoms with E-state index in [0.717, 1.165) is 0 Å². The van der Waals surface area contributed by atoms with E-state index in [1.54, 1.807) is 0 Å². The normalized spacial score (nSPS) is 0. The number of hydrogen-bond acceptors (Lipinski definition) is 0. The van der Waals surface area contributed by atoms with Crippen molar-refractivity contribution < 1.29 is 53.6 Å². The molecular formula is H3CaCuFePZn. The van der Waals surface area contributed by atoms with E-state index in [0.29, 0.717) is 0 Å². The van der Waals surface area contributed by atoms with E-state index >= 15 is 0 Å². The predicted octanol–water partition coefficient (Wildman–Crippen LogP) is -0.330. The molecule has 5 heteroatoms. The van der Waals surface area contributed by atoms with Crippen molar-refractivity contribution in [3.63, 3.8) is 0 Å². The van der Waals surface area contributed by atoms with Crippen LogP contribution in [0.15, 0.2) is 0 Å². The molecule has 1 atom stereocenters. The average molecular weight is 259 g/mol. The van der Waals surface area contributed by atoms with Gasteiger partial charge in [-0.05, 0) is 0 Å². The zero-order valence-corrected chi connectivity index (χ0v) is 11.4. The van der Waals surface area contributed by atoms with Crippen molar-refractivity contribution in [2.45, 2.75) is 0 Å². The fraction of sp³-hybridized carbons (Fsp3) is 0. The summed E-state index contributed by atoms with van der Waals surface area (Å²) in [6, 6.07) is 0. The monoisotopic (exact) mass is 257 g/mol. The molecule has 0 fully saturated rings. The van der Waals surface area contributed by atoms with Gasteiger partial charge in [0.1, 0.15) is 0 Å². The maximum absolute atomic E-state index is 0. The fourth-order valence-corrected chi connectivity index (χ4v) is 0. The zero-order chi connectivity index (χ0) is 0. The Kier molecular flexibility index (Phi) is 212. The van der Waals surface area contributed by atoms with E-state index in [1.165, 1.54) is 0 Å². The molecule has 0 saturated carbocycles. The van der Waals surface area contributed by atoms with Crippen LogP contribution in [0, 0.1) is 0 Å². The van der Waals surface area contributed by atoms with Gasteiger partial charge in [0.05, 0.1) is 0 Å². The maximum atomic E-state index is 0. The Morgan fingerprint density at radius 3 is 1.00 bits per heavy atom. The Balaban J connectivity index is 0. The van der Waals surface area contributed by atoms with Gasteiger partial charge in [-0.1, -0.05) is 0 Å². The second kappa shape index (κ2) is 26.4. The molecular weight excluding hydrogens is 256 g/mol. The van der Waals surface area contributed by atoms with Gasteiger partial charge < -0.3 is 0 Å². The molecule has 0 aromatic carbocycles. The molecule has 0 amide bonds. The third kappa shape index (κ3) is 18.7. The smallest absolute Gasteiger partial charge is 0 e. The van der Waals surface area contributed by atoms with Gasteiger partial charge in [0.25, 0.3) is 0 Å². The number of hydrogen-bond donors (Lipinski definition) is 0. The summed E-state index contributed by atoms with van der Waals surface area (Å²) in [6.07, 6.45) is 0. The molecule has 0 nitrogen and oxygen atoms in total. The van der Waals surface area contributed by atoms with Crippen molar-refractivity contribution in [3.05, 3.63) is 0 Å². The molecule has 0 saturated heterocycles. The van der Waals surface area contributed by atoms with E-state index in [1.807, 2.05) is 0 Å². The van der Waals surface area contributed by atoms with Gasteiger partial charge in [0.2, 0.25) is 0 Å². The van der Waals surface area contributed by atoms with Crippen LogP contribution < -0.4 is 0 Å². The molecule has 0 bridgehead atoms. The molecule has 3 radical (unpaired) electrons. The topological polar surface area (TPSA) is 0 Å². The fourth-order valence-electron chi connectivity index (χ4n) is 0. The van der Waals surface area contributed by atoms with Crippen LogP contribution in [0.3, 0.4) is 0 Å². The molecule has 0 aliphatic carbocycles. The van der Waals surface area contributed by atoms with Gasteiger partial charge in [-0.15, -0.1) is 0 Å². The summed E-state index contributed by atoms with van der Waals surface area (Å²) in [5.74, 6) is 0. The summed E-state index contributed by atoms with van der Waals surface area (Å²) >= 11 is 0. The average Bonchev–Trinajstić information content (AvgIpc) is 0. The second-order valence-electron chi connectivity index (χ2n) is 0. The first-order chi connectivity index (χ1) is 0. The minimum atomic E-state index is 0. The van der Waals surface area contributed by atoms with Gasteiger partial charge in [0.15, 0.2) is 0 Å². The Bertz CT molecular complexity index is 11.6. The Morgan fingerprint density at radius 2 is 1.00 bits per heavy atom. The first-order valence-electron chi connectivity index (χ1n) is 0. The number of rotatable bonds is 0. The molecule has 31 valence electrons. The molecule has 0 heterocycles. The third-order valence-electron chi connectivity index (χ3n) is 0. The van der Waals surface area contributed by atoms with Crippen LogP contribution in [-0.2, 0) is 53.6 Å². The van der Waals surface area contributed by atoms with Crippen LogP contribution in [0.4, 0.5) is 0 Å². The maximum Gasteiger partial charge on any atom is 0 e. The molecule has 1 unspecified atom stereocenters. The Morgan fingerprint density at radius 1 is 1.00 bits per heavy atom. The van der Waals surface area contributed by atoms with Crippen LogP contribution in [0.25, 0.3) is 0 Å². The van der Waals surface area contributed by atoms with Crippen molar-refractivity contribution in [2.24, 2.45) is 0 Å². The van der Waals surface area contributed by atoms with E-state index in [9.17, 15) is 0 Å². The van der Waals surface area contributed by atoms with Gasteiger partial charge in [0, 0.05) is 91.4 Å². The molecule has 0 aromatic heterocycles. The molecule has 0 spiro atoms. The molecule has 0 aliphatic rings. The standard InChI is InChI=1S/Ca.Cu.Fe.H3P.Zn/h;;;1H3;. The molecule has 5 heavy (non-hydrogen) atoms. The zero-order valence-electron chi connectivity index (χ0n) is 2.78. The summed E-state index contributed by atoms with van der Waals surface area (Å²) in [4.78, 5) is 0. The van der Waals surface area contributed by atoms with Crippen molar-refractivity contribution in [2.75, 3.05) is 0 Å². The van der Waals surface area contributed by atoms with Crippen LogP contribution in [0.1, 0.15) is 0 Å². The minimum absolute atomic E-state index is 0. The third-order valence-corrected chi connectivity index (χ3v) is 0. The first kappa shape index (κ1) is 40.2. The van der Waals surface area contributed by atoms with E-state index in [4.69, 9.17) is 0 Å². The van der Waals surface area contributed by atoms with Crippen LogP contribution in [-0.4, -0.2) is 37.7 Å². The van der Waals surface area contributed by atoms with Crippen molar-refractivity contribution in [1.82, 2.24) is 0 Å². The van der Waals surface area contributed by atoms with Crippen LogP contribution in [0.5, 0.6) is 0 Å². The van der Waals surface area contributed by atoms with E-state index < -0.39 is 0 Å². The van der Waals surface area contributed by atoms with E-state index in [-0.39, 0.29) is 101 Å². The van der Waals surface area contributed by atoms with Gasteiger partial charge >= 0.3 is 0 Å². The Labute approximate surface area is 99.3 Å². The SMILES string of the molecule is P.[Ca].[Cu].[Fe].[Zn]. The van der Waals surface area contributed by atoms with Gasteiger partial charge in [-0.2, -0.15) is 9.90 Å². The summed E-state index contributed by atoms with van der Waals surface area (Å²) in [5, 5.41) is 0. The molecule has 0 aliphatic heterocycles. The second-order valence-corrected chi connectivity index (χ2v) is 0.